The van der Waals surface area contributed by atoms with Crippen LogP contribution in [0.3, 0.4) is 0 Å². The number of carbonyl (C=O) groups is 2. The Balaban J connectivity index is 1.77. The Bertz CT molecular complexity index is 1160. The third-order valence-corrected chi connectivity index (χ3v) is 9.90. The van der Waals surface area contributed by atoms with E-state index in [1.807, 2.05) is 30.1 Å². The average molecular weight is 508 g/mol. The van der Waals surface area contributed by atoms with Gasteiger partial charge in [-0.05, 0) is 62.2 Å². The number of para-hydroxylation sites is 1. The molecule has 1 aromatic carbocycles. The first-order valence-electron chi connectivity index (χ1n) is 12.1. The highest BCUT2D eigenvalue weighted by molar-refractivity contribution is 7.85. The largest absolute Gasteiger partial charge is 0.467 e. The van der Waals surface area contributed by atoms with Crippen molar-refractivity contribution in [3.8, 4) is 0 Å². The van der Waals surface area contributed by atoms with E-state index in [9.17, 15) is 18.0 Å². The van der Waals surface area contributed by atoms with Crippen LogP contribution in [-0.4, -0.2) is 77.4 Å². The predicted octanol–water partition coefficient (Wildman–Crippen LogP) is 1.94. The average Bonchev–Trinajstić information content (AvgIpc) is 3.35. The Kier molecular flexibility index (Phi) is 5.61. The first-order valence-corrected chi connectivity index (χ1v) is 13.5. The van der Waals surface area contributed by atoms with Gasteiger partial charge in [-0.2, -0.15) is 13.1 Å². The van der Waals surface area contributed by atoms with E-state index in [1.165, 1.54) is 7.11 Å². The molecule has 5 rings (SSSR count). The van der Waals surface area contributed by atoms with Gasteiger partial charge in [0.15, 0.2) is 0 Å². The molecule has 11 heteroatoms. The topological polar surface area (TPSA) is 114 Å². The minimum atomic E-state index is -4.72. The van der Waals surface area contributed by atoms with Crippen LogP contribution in [0.25, 0.3) is 0 Å². The maximum absolute atomic E-state index is 13.8. The van der Waals surface area contributed by atoms with Crippen molar-refractivity contribution in [1.82, 2.24) is 9.62 Å². The number of carbonyl (C=O) groups excluding carboxylic acids is 2. The molecule has 1 spiro atoms. The number of benzene rings is 1. The van der Waals surface area contributed by atoms with Gasteiger partial charge in [0, 0.05) is 24.2 Å². The third-order valence-electron chi connectivity index (χ3n) is 8.97. The molecule has 10 nitrogen and oxygen atoms in total. The fraction of sp³-hybridized carbons (Fsp3) is 0.667. The van der Waals surface area contributed by atoms with E-state index in [2.05, 4.69) is 22.6 Å². The van der Waals surface area contributed by atoms with E-state index >= 15 is 0 Å². The number of likely N-dealkylation sites (N-methyl/N-ethyl adjacent to an activating group) is 1. The number of esters is 1. The van der Waals surface area contributed by atoms with Crippen molar-refractivity contribution < 1.29 is 31.7 Å². The molecule has 35 heavy (non-hydrogen) atoms. The van der Waals surface area contributed by atoms with E-state index in [0.29, 0.717) is 0 Å². The first-order chi connectivity index (χ1) is 16.6. The van der Waals surface area contributed by atoms with Crippen LogP contribution in [0.1, 0.15) is 44.6 Å². The summed E-state index contributed by atoms with van der Waals surface area (Å²) in [6.45, 7) is 3.93. The van der Waals surface area contributed by atoms with Gasteiger partial charge >= 0.3 is 22.4 Å². The van der Waals surface area contributed by atoms with Gasteiger partial charge < -0.3 is 14.4 Å². The summed E-state index contributed by atoms with van der Waals surface area (Å²) < 4.78 is 43.7. The third kappa shape index (κ3) is 3.17. The van der Waals surface area contributed by atoms with Crippen molar-refractivity contribution >= 4 is 28.1 Å². The lowest BCUT2D eigenvalue weighted by Crippen LogP contribution is -2.76. The molecule has 5 atom stereocenters. The Morgan fingerprint density at radius 3 is 2.54 bits per heavy atom. The van der Waals surface area contributed by atoms with Gasteiger partial charge in [-0.3, -0.25) is 4.90 Å². The summed E-state index contributed by atoms with van der Waals surface area (Å²) in [5, 5.41) is 0. The number of piperidine rings is 1. The van der Waals surface area contributed by atoms with Crippen molar-refractivity contribution in [3.63, 3.8) is 0 Å². The van der Waals surface area contributed by atoms with E-state index < -0.39 is 39.4 Å². The molecule has 3 fully saturated rings. The molecule has 3 aliphatic heterocycles. The minimum absolute atomic E-state index is 0.127. The van der Waals surface area contributed by atoms with Crippen LogP contribution in [0.4, 0.5) is 10.5 Å². The number of nitrogens with zero attached hydrogens (tertiary/aromatic N) is 2. The number of hydrogen-bond acceptors (Lipinski definition) is 9. The minimum Gasteiger partial charge on any atom is -0.467 e. The molecule has 192 valence electrons. The normalized spacial score (nSPS) is 35.6. The van der Waals surface area contributed by atoms with Gasteiger partial charge in [0.25, 0.3) is 0 Å². The van der Waals surface area contributed by atoms with Crippen LogP contribution in [-0.2, 0) is 34.2 Å². The molecule has 1 amide bonds. The Morgan fingerprint density at radius 2 is 1.86 bits per heavy atom. The Labute approximate surface area is 206 Å². The lowest BCUT2D eigenvalue weighted by atomic mass is 9.48. The Morgan fingerprint density at radius 1 is 1.11 bits per heavy atom. The van der Waals surface area contributed by atoms with E-state index in [4.69, 9.17) is 8.92 Å². The number of nitrogens with one attached hydrogen (secondary N) is 1. The number of hydrogen-bond donors (Lipinski definition) is 1. The number of ether oxygens (including phenoxy) is 2. The molecule has 0 radical (unpaired) electrons. The van der Waals surface area contributed by atoms with Crippen LogP contribution in [0.2, 0.25) is 0 Å². The molecule has 0 bridgehead atoms. The van der Waals surface area contributed by atoms with Crippen molar-refractivity contribution in [3.05, 3.63) is 29.8 Å². The van der Waals surface area contributed by atoms with Crippen LogP contribution in [0, 0.1) is 5.41 Å². The molecule has 1 aliphatic carbocycles. The molecular weight excluding hydrogens is 474 g/mol. The van der Waals surface area contributed by atoms with Crippen LogP contribution in [0.15, 0.2) is 24.3 Å². The van der Waals surface area contributed by atoms with E-state index in [0.717, 1.165) is 57.1 Å². The number of fused-ring (bicyclic) bond motifs is 1. The maximum Gasteiger partial charge on any atom is 0.422 e. The molecule has 1 aromatic rings. The van der Waals surface area contributed by atoms with Gasteiger partial charge in [-0.15, -0.1) is 0 Å². The van der Waals surface area contributed by atoms with Crippen molar-refractivity contribution in [2.24, 2.45) is 5.41 Å². The zero-order valence-corrected chi connectivity index (χ0v) is 21.4. The zero-order valence-electron chi connectivity index (χ0n) is 20.6. The fourth-order valence-corrected chi connectivity index (χ4v) is 9.03. The molecule has 1 N–H and O–H groups in total. The summed E-state index contributed by atoms with van der Waals surface area (Å²) in [6, 6.07) is 7.52. The molecule has 0 aromatic heterocycles. The van der Waals surface area contributed by atoms with Crippen LogP contribution in [0.5, 0.6) is 0 Å². The fourth-order valence-electron chi connectivity index (χ4n) is 8.10. The molecule has 4 aliphatic rings. The van der Waals surface area contributed by atoms with E-state index in [1.54, 1.807) is 4.72 Å². The second-order valence-electron chi connectivity index (χ2n) is 10.3. The zero-order chi connectivity index (χ0) is 25.2. The molecule has 3 heterocycles. The molecule has 1 saturated carbocycles. The Hall–Kier alpha value is -2.37. The molecule has 2 saturated heterocycles. The summed E-state index contributed by atoms with van der Waals surface area (Å²) in [6.07, 6.45) is 2.28. The standard InChI is InChI=1S/C24H33N3O7S/c1-5-22-11-8-13-27-14-12-23(18(22)27)16-9-6-7-10-17(16)26(2)19(23)24(15-22,20(28)32-3)34-35(30,31)25-21(29)33-4/h6-7,9-10,18-19H,5,8,11-15H2,1-4H3,(H,25,29)/t18-,19+,22-,23+,24+/m0/s1. The van der Waals surface area contributed by atoms with Crippen molar-refractivity contribution in [2.75, 3.05) is 39.3 Å². The van der Waals surface area contributed by atoms with Gasteiger partial charge in [0.2, 0.25) is 5.60 Å². The predicted molar refractivity (Wildman–Crippen MR) is 127 cm³/mol. The van der Waals surface area contributed by atoms with Gasteiger partial charge in [-0.1, -0.05) is 25.1 Å². The maximum atomic E-state index is 13.8. The summed E-state index contributed by atoms with van der Waals surface area (Å²) in [4.78, 5) is 30.1. The second-order valence-corrected chi connectivity index (χ2v) is 11.5. The second kappa shape index (κ2) is 8.07. The van der Waals surface area contributed by atoms with Crippen molar-refractivity contribution in [1.29, 1.82) is 0 Å². The number of anilines is 1. The summed E-state index contributed by atoms with van der Waals surface area (Å²) in [7, 11) is -0.532. The smallest absolute Gasteiger partial charge is 0.422 e. The summed E-state index contributed by atoms with van der Waals surface area (Å²) in [5.74, 6) is -0.757. The highest BCUT2D eigenvalue weighted by atomic mass is 32.2. The quantitative estimate of drug-likeness (QED) is 0.597. The summed E-state index contributed by atoms with van der Waals surface area (Å²) >= 11 is 0. The lowest BCUT2D eigenvalue weighted by Gasteiger charge is -2.63. The lowest BCUT2D eigenvalue weighted by molar-refractivity contribution is -0.181. The van der Waals surface area contributed by atoms with Crippen LogP contribution >= 0.6 is 0 Å². The number of rotatable bonds is 5. The number of amides is 1. The van der Waals surface area contributed by atoms with Gasteiger partial charge in [0.1, 0.15) is 0 Å². The summed E-state index contributed by atoms with van der Waals surface area (Å²) in [5.41, 5.74) is -0.739. The van der Waals surface area contributed by atoms with Gasteiger partial charge in [-0.25, -0.2) is 13.8 Å². The molecule has 0 unspecified atom stereocenters. The highest BCUT2D eigenvalue weighted by Gasteiger charge is 2.77. The SMILES string of the molecule is CC[C@]12CCCN3CC[C@@]4(c5ccccc5N(C)[C@H]4[C@@](OS(=O)(=O)NC(=O)OC)(C(=O)OC)C1)[C@@H]32. The van der Waals surface area contributed by atoms with E-state index in [-0.39, 0.29) is 17.9 Å². The first kappa shape index (κ1) is 24.3. The van der Waals surface area contributed by atoms with Crippen molar-refractivity contribution in [2.45, 2.75) is 62.1 Å². The van der Waals surface area contributed by atoms with Crippen LogP contribution < -0.4 is 9.62 Å². The highest BCUT2D eigenvalue weighted by Crippen LogP contribution is 2.68. The number of methoxy groups -OCH3 is 2. The monoisotopic (exact) mass is 507 g/mol. The van der Waals surface area contributed by atoms with Gasteiger partial charge in [0.05, 0.1) is 20.3 Å². The molecular formula is C24H33N3O7S.